The third kappa shape index (κ3) is 7.66. The highest BCUT2D eigenvalue weighted by Crippen LogP contribution is 2.16. The SMILES string of the molecule is CCCCCCCCCC(Cc1cc(C)ccc1C)NC. The summed E-state index contributed by atoms with van der Waals surface area (Å²) in [5, 5.41) is 3.51. The molecule has 0 aromatic heterocycles. The van der Waals surface area contributed by atoms with Crippen molar-refractivity contribution in [3.63, 3.8) is 0 Å². The molecule has 1 aromatic carbocycles. The van der Waals surface area contributed by atoms with Gasteiger partial charge in [0.25, 0.3) is 0 Å². The number of unbranched alkanes of at least 4 members (excludes halogenated alkanes) is 6. The van der Waals surface area contributed by atoms with Gasteiger partial charge in [-0.25, -0.2) is 0 Å². The third-order valence-electron chi connectivity index (χ3n) is 4.54. The maximum atomic E-state index is 3.51. The van der Waals surface area contributed by atoms with Crippen LogP contribution in [-0.2, 0) is 6.42 Å². The van der Waals surface area contributed by atoms with Gasteiger partial charge in [-0.2, -0.15) is 0 Å². The van der Waals surface area contributed by atoms with Gasteiger partial charge in [0.2, 0.25) is 0 Å². The first-order valence-electron chi connectivity index (χ1n) is 8.90. The Balaban J connectivity index is 2.27. The monoisotopic (exact) mass is 289 g/mol. The standard InChI is InChI=1S/C20H35N/c1-5-6-7-8-9-10-11-12-20(21-4)16-19-15-17(2)13-14-18(19)3/h13-15,20-21H,5-12,16H2,1-4H3. The Bertz CT molecular complexity index is 383. The summed E-state index contributed by atoms with van der Waals surface area (Å²) in [6.45, 7) is 6.70. The van der Waals surface area contributed by atoms with Crippen molar-refractivity contribution in [3.8, 4) is 0 Å². The van der Waals surface area contributed by atoms with Crippen molar-refractivity contribution in [2.75, 3.05) is 7.05 Å². The summed E-state index contributed by atoms with van der Waals surface area (Å²) in [7, 11) is 2.11. The predicted octanol–water partition coefficient (Wildman–Crippen LogP) is 5.57. The van der Waals surface area contributed by atoms with Gasteiger partial charge in [-0.1, -0.05) is 75.6 Å². The molecule has 1 atom stereocenters. The highest BCUT2D eigenvalue weighted by molar-refractivity contribution is 5.31. The molecule has 0 spiro atoms. The molecule has 0 aliphatic carbocycles. The zero-order chi connectivity index (χ0) is 15.5. The van der Waals surface area contributed by atoms with E-state index in [1.54, 1.807) is 0 Å². The average Bonchev–Trinajstić information content (AvgIpc) is 2.48. The lowest BCUT2D eigenvalue weighted by molar-refractivity contribution is 0.478. The van der Waals surface area contributed by atoms with Gasteiger partial charge in [0.15, 0.2) is 0 Å². The topological polar surface area (TPSA) is 12.0 Å². The molecule has 0 aliphatic heterocycles. The van der Waals surface area contributed by atoms with E-state index in [1.165, 1.54) is 74.5 Å². The third-order valence-corrected chi connectivity index (χ3v) is 4.54. The first kappa shape index (κ1) is 18.2. The number of hydrogen-bond donors (Lipinski definition) is 1. The Kier molecular flexibility index (Phi) is 9.41. The van der Waals surface area contributed by atoms with E-state index < -0.39 is 0 Å². The lowest BCUT2D eigenvalue weighted by Gasteiger charge is -2.18. The smallest absolute Gasteiger partial charge is 0.0105 e. The van der Waals surface area contributed by atoms with Crippen molar-refractivity contribution < 1.29 is 0 Å². The van der Waals surface area contributed by atoms with E-state index in [-0.39, 0.29) is 0 Å². The molecular formula is C20H35N. The van der Waals surface area contributed by atoms with E-state index in [0.717, 1.165) is 0 Å². The summed E-state index contributed by atoms with van der Waals surface area (Å²) in [6, 6.07) is 7.44. The van der Waals surface area contributed by atoms with Crippen molar-refractivity contribution in [1.82, 2.24) is 5.32 Å². The maximum Gasteiger partial charge on any atom is 0.0105 e. The fraction of sp³-hybridized carbons (Fsp3) is 0.700. The van der Waals surface area contributed by atoms with Crippen molar-refractivity contribution >= 4 is 0 Å². The Morgan fingerprint density at radius 2 is 1.62 bits per heavy atom. The highest BCUT2D eigenvalue weighted by atomic mass is 14.9. The van der Waals surface area contributed by atoms with E-state index in [4.69, 9.17) is 0 Å². The van der Waals surface area contributed by atoms with E-state index in [0.29, 0.717) is 6.04 Å². The van der Waals surface area contributed by atoms with Crippen LogP contribution < -0.4 is 5.32 Å². The first-order chi connectivity index (χ1) is 10.2. The molecule has 120 valence electrons. The molecule has 0 amide bonds. The van der Waals surface area contributed by atoms with Gasteiger partial charge in [-0.15, -0.1) is 0 Å². The number of benzene rings is 1. The number of hydrogen-bond acceptors (Lipinski definition) is 1. The van der Waals surface area contributed by atoms with Crippen LogP contribution in [0.25, 0.3) is 0 Å². The average molecular weight is 290 g/mol. The molecule has 0 heterocycles. The van der Waals surface area contributed by atoms with Crippen molar-refractivity contribution in [2.45, 2.75) is 84.6 Å². The minimum absolute atomic E-state index is 0.626. The van der Waals surface area contributed by atoms with Crippen LogP contribution in [0.2, 0.25) is 0 Å². The van der Waals surface area contributed by atoms with Crippen LogP contribution in [-0.4, -0.2) is 13.1 Å². The molecule has 21 heavy (non-hydrogen) atoms. The first-order valence-corrected chi connectivity index (χ1v) is 8.90. The quantitative estimate of drug-likeness (QED) is 0.525. The Morgan fingerprint density at radius 1 is 0.952 bits per heavy atom. The number of nitrogens with one attached hydrogen (secondary N) is 1. The van der Waals surface area contributed by atoms with Gasteiger partial charge in [0, 0.05) is 6.04 Å². The minimum atomic E-state index is 0.626. The zero-order valence-corrected chi connectivity index (χ0v) is 14.7. The second kappa shape index (κ2) is 10.8. The molecule has 1 aromatic rings. The molecular weight excluding hydrogens is 254 g/mol. The molecule has 1 unspecified atom stereocenters. The molecule has 0 bridgehead atoms. The van der Waals surface area contributed by atoms with Crippen LogP contribution in [0.5, 0.6) is 0 Å². The predicted molar refractivity (Wildman–Crippen MR) is 95.1 cm³/mol. The highest BCUT2D eigenvalue weighted by Gasteiger charge is 2.09. The molecule has 0 saturated carbocycles. The number of aryl methyl sites for hydroxylation is 2. The molecule has 1 nitrogen and oxygen atoms in total. The molecule has 0 saturated heterocycles. The van der Waals surface area contributed by atoms with Crippen LogP contribution >= 0.6 is 0 Å². The van der Waals surface area contributed by atoms with Gasteiger partial charge in [0.05, 0.1) is 0 Å². The van der Waals surface area contributed by atoms with E-state index in [9.17, 15) is 0 Å². The van der Waals surface area contributed by atoms with Crippen LogP contribution in [0, 0.1) is 13.8 Å². The van der Waals surface area contributed by atoms with E-state index in [2.05, 4.69) is 51.3 Å². The van der Waals surface area contributed by atoms with Crippen LogP contribution in [0.4, 0.5) is 0 Å². The summed E-state index contributed by atoms with van der Waals surface area (Å²) in [6.07, 6.45) is 12.3. The Hall–Kier alpha value is -0.820. The summed E-state index contributed by atoms with van der Waals surface area (Å²) in [5.41, 5.74) is 4.32. The van der Waals surface area contributed by atoms with Crippen LogP contribution in [0.15, 0.2) is 18.2 Å². The zero-order valence-electron chi connectivity index (χ0n) is 14.7. The van der Waals surface area contributed by atoms with Gasteiger partial charge in [0.1, 0.15) is 0 Å². The lowest BCUT2D eigenvalue weighted by atomic mass is 9.96. The fourth-order valence-corrected chi connectivity index (χ4v) is 2.98. The Morgan fingerprint density at radius 3 is 2.29 bits per heavy atom. The molecule has 0 fully saturated rings. The maximum absolute atomic E-state index is 3.51. The fourth-order valence-electron chi connectivity index (χ4n) is 2.98. The van der Waals surface area contributed by atoms with Crippen molar-refractivity contribution in [3.05, 3.63) is 34.9 Å². The summed E-state index contributed by atoms with van der Waals surface area (Å²) >= 11 is 0. The van der Waals surface area contributed by atoms with Crippen LogP contribution in [0.1, 0.15) is 75.0 Å². The van der Waals surface area contributed by atoms with Gasteiger partial charge < -0.3 is 5.32 Å². The Labute approximate surface area is 132 Å². The minimum Gasteiger partial charge on any atom is -0.317 e. The molecule has 0 radical (unpaired) electrons. The summed E-state index contributed by atoms with van der Waals surface area (Å²) in [5.74, 6) is 0. The van der Waals surface area contributed by atoms with E-state index >= 15 is 0 Å². The van der Waals surface area contributed by atoms with Gasteiger partial charge >= 0.3 is 0 Å². The second-order valence-corrected chi connectivity index (χ2v) is 6.53. The molecule has 1 rings (SSSR count). The van der Waals surface area contributed by atoms with Crippen molar-refractivity contribution in [1.29, 1.82) is 0 Å². The molecule has 1 N–H and O–H groups in total. The number of likely N-dealkylation sites (N-methyl/N-ethyl adjacent to an activating group) is 1. The van der Waals surface area contributed by atoms with Crippen LogP contribution in [0.3, 0.4) is 0 Å². The van der Waals surface area contributed by atoms with E-state index in [1.807, 2.05) is 0 Å². The number of rotatable bonds is 11. The van der Waals surface area contributed by atoms with Crippen molar-refractivity contribution in [2.24, 2.45) is 0 Å². The largest absolute Gasteiger partial charge is 0.317 e. The summed E-state index contributed by atoms with van der Waals surface area (Å²) in [4.78, 5) is 0. The lowest BCUT2D eigenvalue weighted by Crippen LogP contribution is -2.27. The normalized spacial score (nSPS) is 12.6. The molecule has 0 aliphatic rings. The van der Waals surface area contributed by atoms with Gasteiger partial charge in [-0.3, -0.25) is 0 Å². The van der Waals surface area contributed by atoms with Gasteiger partial charge in [-0.05, 0) is 44.9 Å². The second-order valence-electron chi connectivity index (χ2n) is 6.53. The summed E-state index contributed by atoms with van der Waals surface area (Å²) < 4.78 is 0. The molecule has 1 heteroatoms.